The van der Waals surface area contributed by atoms with Gasteiger partial charge < -0.3 is 5.32 Å². The van der Waals surface area contributed by atoms with Gasteiger partial charge in [0.05, 0.1) is 22.0 Å². The maximum atomic E-state index is 11.9. The first kappa shape index (κ1) is 18.7. The molecule has 2 aromatic carbocycles. The molecule has 0 aliphatic heterocycles. The van der Waals surface area contributed by atoms with E-state index in [1.54, 1.807) is 25.2 Å². The van der Waals surface area contributed by atoms with Crippen molar-refractivity contribution in [2.45, 2.75) is 20.3 Å². The van der Waals surface area contributed by atoms with Crippen LogP contribution >= 0.6 is 11.6 Å². The van der Waals surface area contributed by atoms with E-state index in [0.717, 1.165) is 28.2 Å². The van der Waals surface area contributed by atoms with Crippen LogP contribution in [-0.2, 0) is 6.42 Å². The maximum absolute atomic E-state index is 11.9. The molecule has 0 fully saturated rings. The zero-order valence-electron chi connectivity index (χ0n) is 15.4. The minimum atomic E-state index is -0.104. The van der Waals surface area contributed by atoms with Gasteiger partial charge in [0.2, 0.25) is 0 Å². The molecule has 1 heterocycles. The number of aryl methyl sites for hydroxylation is 1. The summed E-state index contributed by atoms with van der Waals surface area (Å²) in [6.07, 6.45) is 0.673. The Morgan fingerprint density at radius 1 is 1.26 bits per heavy atom. The van der Waals surface area contributed by atoms with E-state index in [4.69, 9.17) is 16.9 Å². The number of halogens is 1. The number of aromatic nitrogens is 2. The average Bonchev–Trinajstić information content (AvgIpc) is 2.95. The molecule has 1 N–H and O–H groups in total. The van der Waals surface area contributed by atoms with Crippen molar-refractivity contribution < 1.29 is 4.79 Å². The normalized spacial score (nSPS) is 10.5. The van der Waals surface area contributed by atoms with Crippen LogP contribution in [-0.4, -0.2) is 22.7 Å². The fraction of sp³-hybridized carbons (Fsp3) is 0.190. The molecule has 1 amide bonds. The van der Waals surface area contributed by atoms with Gasteiger partial charge in [-0.2, -0.15) is 10.4 Å². The summed E-state index contributed by atoms with van der Waals surface area (Å²) < 4.78 is 1.83. The minimum Gasteiger partial charge on any atom is -0.355 e. The van der Waals surface area contributed by atoms with Crippen molar-refractivity contribution in [2.75, 3.05) is 7.05 Å². The van der Waals surface area contributed by atoms with E-state index in [-0.39, 0.29) is 5.91 Å². The van der Waals surface area contributed by atoms with Gasteiger partial charge in [-0.15, -0.1) is 0 Å². The maximum Gasteiger partial charge on any atom is 0.251 e. The van der Waals surface area contributed by atoms with E-state index in [1.807, 2.05) is 42.8 Å². The molecule has 0 saturated carbocycles. The summed E-state index contributed by atoms with van der Waals surface area (Å²) >= 11 is 6.17. The lowest BCUT2D eigenvalue weighted by molar-refractivity contribution is 0.0963. The Bertz CT molecular complexity index is 1060. The summed E-state index contributed by atoms with van der Waals surface area (Å²) in [6, 6.07) is 14.9. The first-order valence-electron chi connectivity index (χ1n) is 8.50. The molecule has 1 aromatic heterocycles. The van der Waals surface area contributed by atoms with E-state index in [2.05, 4.69) is 16.5 Å². The highest BCUT2D eigenvalue weighted by Crippen LogP contribution is 2.24. The lowest BCUT2D eigenvalue weighted by Gasteiger charge is -2.08. The third-order valence-corrected chi connectivity index (χ3v) is 4.87. The molecular formula is C21H19ClN4O. The van der Waals surface area contributed by atoms with Gasteiger partial charge in [0.15, 0.2) is 0 Å². The predicted molar refractivity (Wildman–Crippen MR) is 105 cm³/mol. The van der Waals surface area contributed by atoms with Crippen LogP contribution in [0, 0.1) is 25.2 Å². The molecule has 5 nitrogen and oxygen atoms in total. The first-order valence-corrected chi connectivity index (χ1v) is 8.88. The smallest absolute Gasteiger partial charge is 0.251 e. The SMILES string of the molecule is CNC(=O)c1cccc(Cc2c(C)nn(-c3ccc(C#N)c(Cl)c3)c2C)c1. The first-order chi connectivity index (χ1) is 12.9. The van der Waals surface area contributed by atoms with Gasteiger partial charge in [-0.05, 0) is 49.7 Å². The lowest BCUT2D eigenvalue weighted by Crippen LogP contribution is -2.17. The van der Waals surface area contributed by atoms with Crippen LogP contribution in [0.2, 0.25) is 5.02 Å². The van der Waals surface area contributed by atoms with Gasteiger partial charge in [0, 0.05) is 30.3 Å². The number of nitriles is 1. The van der Waals surface area contributed by atoms with Crippen LogP contribution in [0.15, 0.2) is 42.5 Å². The number of carbonyl (C=O) groups excluding carboxylic acids is 1. The molecule has 3 aromatic rings. The number of carbonyl (C=O) groups is 1. The number of amides is 1. The van der Waals surface area contributed by atoms with Crippen molar-refractivity contribution in [3.05, 3.63) is 81.1 Å². The second kappa shape index (κ2) is 7.65. The van der Waals surface area contributed by atoms with Gasteiger partial charge in [0.25, 0.3) is 5.91 Å². The Hall–Kier alpha value is -3.10. The standard InChI is InChI=1S/C21H19ClN4O/c1-13-19(10-15-5-4-6-16(9-15)21(27)24-3)14(2)26(25-13)18-8-7-17(12-23)20(22)11-18/h4-9,11H,10H2,1-3H3,(H,24,27). The molecule has 3 rings (SSSR count). The summed E-state index contributed by atoms with van der Waals surface area (Å²) in [5, 5.41) is 16.7. The van der Waals surface area contributed by atoms with Crippen molar-refractivity contribution in [1.82, 2.24) is 15.1 Å². The number of hydrogen-bond donors (Lipinski definition) is 1. The highest BCUT2D eigenvalue weighted by Gasteiger charge is 2.15. The molecule has 0 atom stereocenters. The fourth-order valence-electron chi connectivity index (χ4n) is 3.08. The summed E-state index contributed by atoms with van der Waals surface area (Å²) in [7, 11) is 1.62. The van der Waals surface area contributed by atoms with E-state index in [9.17, 15) is 4.79 Å². The molecule has 27 heavy (non-hydrogen) atoms. The van der Waals surface area contributed by atoms with E-state index >= 15 is 0 Å². The van der Waals surface area contributed by atoms with Gasteiger partial charge in [-0.25, -0.2) is 4.68 Å². The van der Waals surface area contributed by atoms with Crippen molar-refractivity contribution in [2.24, 2.45) is 0 Å². The Morgan fingerprint density at radius 2 is 2.04 bits per heavy atom. The molecule has 0 spiro atoms. The zero-order valence-corrected chi connectivity index (χ0v) is 16.1. The Labute approximate surface area is 163 Å². The number of benzene rings is 2. The van der Waals surface area contributed by atoms with Crippen LogP contribution < -0.4 is 5.32 Å². The second-order valence-electron chi connectivity index (χ2n) is 6.29. The van der Waals surface area contributed by atoms with Crippen LogP contribution in [0.1, 0.15) is 38.4 Å². The van der Waals surface area contributed by atoms with Gasteiger partial charge in [-0.1, -0.05) is 23.7 Å². The highest BCUT2D eigenvalue weighted by atomic mass is 35.5. The van der Waals surface area contributed by atoms with Crippen LogP contribution in [0.4, 0.5) is 0 Å². The molecule has 0 aliphatic rings. The zero-order chi connectivity index (χ0) is 19.6. The predicted octanol–water partition coefficient (Wildman–Crippen LogP) is 3.96. The van der Waals surface area contributed by atoms with Gasteiger partial charge in [0.1, 0.15) is 6.07 Å². The van der Waals surface area contributed by atoms with Gasteiger partial charge >= 0.3 is 0 Å². The molecule has 0 radical (unpaired) electrons. The topological polar surface area (TPSA) is 70.7 Å². The largest absolute Gasteiger partial charge is 0.355 e. The fourth-order valence-corrected chi connectivity index (χ4v) is 3.30. The van der Waals surface area contributed by atoms with E-state index in [0.29, 0.717) is 22.6 Å². The summed E-state index contributed by atoms with van der Waals surface area (Å²) in [5.41, 5.74) is 5.94. The average molecular weight is 379 g/mol. The van der Waals surface area contributed by atoms with Crippen molar-refractivity contribution in [1.29, 1.82) is 5.26 Å². The third-order valence-electron chi connectivity index (χ3n) is 4.56. The molecular weight excluding hydrogens is 360 g/mol. The second-order valence-corrected chi connectivity index (χ2v) is 6.70. The quantitative estimate of drug-likeness (QED) is 0.746. The lowest BCUT2D eigenvalue weighted by atomic mass is 10.0. The highest BCUT2D eigenvalue weighted by molar-refractivity contribution is 6.31. The molecule has 136 valence electrons. The minimum absolute atomic E-state index is 0.104. The Morgan fingerprint density at radius 3 is 2.70 bits per heavy atom. The Kier molecular flexibility index (Phi) is 5.29. The molecule has 0 aliphatic carbocycles. The summed E-state index contributed by atoms with van der Waals surface area (Å²) in [4.78, 5) is 11.9. The third kappa shape index (κ3) is 3.71. The number of nitrogens with zero attached hydrogens (tertiary/aromatic N) is 3. The van der Waals surface area contributed by atoms with E-state index in [1.165, 1.54) is 0 Å². The van der Waals surface area contributed by atoms with Crippen molar-refractivity contribution in [3.8, 4) is 11.8 Å². The van der Waals surface area contributed by atoms with Crippen LogP contribution in [0.5, 0.6) is 0 Å². The number of hydrogen-bond acceptors (Lipinski definition) is 3. The summed E-state index contributed by atoms with van der Waals surface area (Å²) in [6.45, 7) is 3.97. The van der Waals surface area contributed by atoms with Crippen molar-refractivity contribution >= 4 is 17.5 Å². The molecule has 0 unspecified atom stereocenters. The number of nitrogens with one attached hydrogen (secondary N) is 1. The Balaban J connectivity index is 1.96. The van der Waals surface area contributed by atoms with Crippen LogP contribution in [0.3, 0.4) is 0 Å². The summed E-state index contributed by atoms with van der Waals surface area (Å²) in [5.74, 6) is -0.104. The molecule has 0 bridgehead atoms. The monoisotopic (exact) mass is 378 g/mol. The van der Waals surface area contributed by atoms with Crippen molar-refractivity contribution in [3.63, 3.8) is 0 Å². The van der Waals surface area contributed by atoms with Gasteiger partial charge in [-0.3, -0.25) is 4.79 Å². The van der Waals surface area contributed by atoms with Crippen LogP contribution in [0.25, 0.3) is 5.69 Å². The molecule has 0 saturated heterocycles. The van der Waals surface area contributed by atoms with E-state index < -0.39 is 0 Å². The molecule has 6 heteroatoms. The number of rotatable bonds is 4.